The van der Waals surface area contributed by atoms with Gasteiger partial charge in [-0.1, -0.05) is 23.4 Å². The van der Waals surface area contributed by atoms with Crippen molar-refractivity contribution in [3.05, 3.63) is 69.8 Å². The van der Waals surface area contributed by atoms with Crippen molar-refractivity contribution >= 4 is 39.9 Å². The Hall–Kier alpha value is -4.25. The number of carbonyl (C=O) groups is 2. The lowest BCUT2D eigenvalue weighted by molar-refractivity contribution is -0.112. The number of pyridine rings is 1. The molecule has 0 unspecified atom stereocenters. The SMILES string of the molecule is CCO/N=C1\C(=O)N(CCCN2CCN(c3cc4c(cc3F)c(=O)c(C(=O)O)cn4C3CC3)CC2)c2ccccc21. The predicted octanol–water partition coefficient (Wildman–Crippen LogP) is 3.47. The first-order valence-electron chi connectivity index (χ1n) is 14.1. The molecule has 0 bridgehead atoms. The largest absolute Gasteiger partial charge is 0.477 e. The van der Waals surface area contributed by atoms with Crippen molar-refractivity contribution in [2.24, 2.45) is 5.16 Å². The molecular formula is C30H32FN5O5. The molecule has 2 aromatic carbocycles. The topological polar surface area (TPSA) is 108 Å². The summed E-state index contributed by atoms with van der Waals surface area (Å²) in [5, 5.41) is 13.6. The standard InChI is InChI=1S/C30H32FN5O5/c1-2-41-32-27-20-6-3-4-7-24(20)35(29(27)38)11-5-10-33-12-14-34(15-13-33)26-17-25-21(16-23(26)31)28(37)22(30(39)40)18-36(25)19-8-9-19/h3-4,6-7,16-19H,2,5,8-15H2,1H3,(H,39,40)/b32-27-. The van der Waals surface area contributed by atoms with Crippen LogP contribution in [0.2, 0.25) is 0 Å². The van der Waals surface area contributed by atoms with Crippen molar-refractivity contribution in [2.45, 2.75) is 32.2 Å². The highest BCUT2D eigenvalue weighted by atomic mass is 19.1. The van der Waals surface area contributed by atoms with Crippen LogP contribution < -0.4 is 15.2 Å². The Balaban J connectivity index is 1.11. The normalized spacial score (nSPS) is 18.4. The average molecular weight is 562 g/mol. The number of amides is 1. The van der Waals surface area contributed by atoms with E-state index in [0.717, 1.165) is 50.1 Å². The van der Waals surface area contributed by atoms with Gasteiger partial charge in [-0.2, -0.15) is 0 Å². The number of para-hydroxylation sites is 1. The summed E-state index contributed by atoms with van der Waals surface area (Å²) >= 11 is 0. The van der Waals surface area contributed by atoms with Gasteiger partial charge in [0.05, 0.1) is 16.9 Å². The summed E-state index contributed by atoms with van der Waals surface area (Å²) in [5.41, 5.74) is 1.96. The van der Waals surface area contributed by atoms with Crippen LogP contribution in [0.4, 0.5) is 15.8 Å². The van der Waals surface area contributed by atoms with Crippen LogP contribution in [-0.4, -0.2) is 78.0 Å². The molecule has 1 aliphatic carbocycles. The van der Waals surface area contributed by atoms with Gasteiger partial charge in [-0.15, -0.1) is 0 Å². The van der Waals surface area contributed by atoms with E-state index in [0.29, 0.717) is 43.2 Å². The van der Waals surface area contributed by atoms with Gasteiger partial charge < -0.3 is 24.3 Å². The molecule has 2 aliphatic heterocycles. The molecule has 41 heavy (non-hydrogen) atoms. The van der Waals surface area contributed by atoms with Crippen molar-refractivity contribution in [1.29, 1.82) is 0 Å². The first kappa shape index (κ1) is 26.9. The summed E-state index contributed by atoms with van der Waals surface area (Å²) in [4.78, 5) is 48.6. The van der Waals surface area contributed by atoms with Crippen LogP contribution >= 0.6 is 0 Å². The molecule has 2 fully saturated rings. The Morgan fingerprint density at radius 3 is 2.54 bits per heavy atom. The molecule has 1 amide bonds. The van der Waals surface area contributed by atoms with Crippen molar-refractivity contribution in [2.75, 3.05) is 55.7 Å². The minimum absolute atomic E-state index is 0.101. The highest BCUT2D eigenvalue weighted by Crippen LogP contribution is 2.38. The molecule has 10 nitrogen and oxygen atoms in total. The molecule has 0 atom stereocenters. The molecule has 0 spiro atoms. The molecule has 11 heteroatoms. The van der Waals surface area contributed by atoms with E-state index in [2.05, 4.69) is 10.1 Å². The third-order valence-electron chi connectivity index (χ3n) is 8.02. The van der Waals surface area contributed by atoms with Crippen LogP contribution in [0.1, 0.15) is 48.1 Å². The number of piperazine rings is 1. The van der Waals surface area contributed by atoms with Crippen molar-refractivity contribution in [3.63, 3.8) is 0 Å². The third-order valence-corrected chi connectivity index (χ3v) is 8.02. The van der Waals surface area contributed by atoms with Crippen LogP contribution in [0.15, 0.2) is 52.5 Å². The van der Waals surface area contributed by atoms with E-state index in [1.54, 1.807) is 11.0 Å². The second-order valence-corrected chi connectivity index (χ2v) is 10.7. The molecule has 3 aliphatic rings. The van der Waals surface area contributed by atoms with Crippen LogP contribution in [0, 0.1) is 5.82 Å². The number of aromatic nitrogens is 1. The third kappa shape index (κ3) is 5.06. The predicted molar refractivity (Wildman–Crippen MR) is 154 cm³/mol. The molecular weight excluding hydrogens is 529 g/mol. The molecule has 6 rings (SSSR count). The molecule has 3 aromatic rings. The fourth-order valence-electron chi connectivity index (χ4n) is 5.77. The van der Waals surface area contributed by atoms with Crippen molar-refractivity contribution < 1.29 is 23.9 Å². The number of carbonyl (C=O) groups excluding carboxylic acids is 1. The number of carboxylic acids is 1. The smallest absolute Gasteiger partial charge is 0.341 e. The first-order chi connectivity index (χ1) is 19.9. The van der Waals surface area contributed by atoms with Gasteiger partial charge in [0.2, 0.25) is 5.43 Å². The van der Waals surface area contributed by atoms with Gasteiger partial charge in [0, 0.05) is 55.9 Å². The minimum Gasteiger partial charge on any atom is -0.477 e. The number of oxime groups is 1. The Bertz CT molecular complexity index is 1610. The average Bonchev–Trinajstić information content (AvgIpc) is 3.78. The van der Waals surface area contributed by atoms with E-state index in [1.807, 2.05) is 40.7 Å². The number of halogens is 1. The summed E-state index contributed by atoms with van der Waals surface area (Å²) in [6.07, 6.45) is 3.97. The monoisotopic (exact) mass is 561 g/mol. The van der Waals surface area contributed by atoms with Crippen LogP contribution in [0.5, 0.6) is 0 Å². The zero-order chi connectivity index (χ0) is 28.7. The Morgan fingerprint density at radius 1 is 1.07 bits per heavy atom. The zero-order valence-electron chi connectivity index (χ0n) is 22.9. The number of hydrogen-bond acceptors (Lipinski definition) is 7. The second kappa shape index (κ2) is 11.0. The first-order valence-corrected chi connectivity index (χ1v) is 14.1. The van der Waals surface area contributed by atoms with E-state index in [1.165, 1.54) is 12.3 Å². The van der Waals surface area contributed by atoms with E-state index in [4.69, 9.17) is 4.84 Å². The second-order valence-electron chi connectivity index (χ2n) is 10.7. The minimum atomic E-state index is -1.30. The van der Waals surface area contributed by atoms with Gasteiger partial charge >= 0.3 is 5.97 Å². The number of anilines is 2. The lowest BCUT2D eigenvalue weighted by Crippen LogP contribution is -2.47. The van der Waals surface area contributed by atoms with E-state index >= 15 is 4.39 Å². The fraction of sp³-hybridized carbons (Fsp3) is 0.400. The number of nitrogens with zero attached hydrogens (tertiary/aromatic N) is 5. The molecule has 1 N–H and O–H groups in total. The Morgan fingerprint density at radius 2 is 1.83 bits per heavy atom. The highest BCUT2D eigenvalue weighted by Gasteiger charge is 2.34. The van der Waals surface area contributed by atoms with Crippen molar-refractivity contribution in [1.82, 2.24) is 9.47 Å². The number of benzene rings is 2. The maximum atomic E-state index is 15.3. The van der Waals surface area contributed by atoms with Crippen LogP contribution in [0.25, 0.3) is 10.9 Å². The Kier molecular flexibility index (Phi) is 7.21. The van der Waals surface area contributed by atoms with Gasteiger partial charge in [0.1, 0.15) is 18.0 Å². The summed E-state index contributed by atoms with van der Waals surface area (Å²) in [6.45, 7) is 6.23. The van der Waals surface area contributed by atoms with Crippen LogP contribution in [0.3, 0.4) is 0 Å². The summed E-state index contributed by atoms with van der Waals surface area (Å²) in [7, 11) is 0. The number of aromatic carboxylic acids is 1. The molecule has 1 saturated heterocycles. The summed E-state index contributed by atoms with van der Waals surface area (Å²) in [6, 6.07) is 10.6. The fourth-order valence-corrected chi connectivity index (χ4v) is 5.77. The van der Waals surface area contributed by atoms with E-state index in [-0.39, 0.29) is 22.9 Å². The highest BCUT2D eigenvalue weighted by molar-refractivity contribution is 6.54. The lowest BCUT2D eigenvalue weighted by atomic mass is 10.1. The van der Waals surface area contributed by atoms with E-state index < -0.39 is 17.2 Å². The quantitative estimate of drug-likeness (QED) is 0.399. The van der Waals surface area contributed by atoms with Gasteiger partial charge in [0.25, 0.3) is 5.91 Å². The van der Waals surface area contributed by atoms with Crippen molar-refractivity contribution in [3.8, 4) is 0 Å². The maximum absolute atomic E-state index is 15.3. The zero-order valence-corrected chi connectivity index (χ0v) is 22.9. The summed E-state index contributed by atoms with van der Waals surface area (Å²) < 4.78 is 17.1. The van der Waals surface area contributed by atoms with Crippen LogP contribution in [-0.2, 0) is 9.63 Å². The number of carboxylic acid groups (broad SMARTS) is 1. The van der Waals surface area contributed by atoms with Gasteiger partial charge in [-0.05, 0) is 50.9 Å². The molecule has 0 radical (unpaired) electrons. The maximum Gasteiger partial charge on any atom is 0.341 e. The molecule has 3 heterocycles. The number of hydrogen-bond donors (Lipinski definition) is 1. The molecule has 1 saturated carbocycles. The summed E-state index contributed by atoms with van der Waals surface area (Å²) in [5.74, 6) is -1.98. The molecule has 1 aromatic heterocycles. The van der Waals surface area contributed by atoms with Gasteiger partial charge in [-0.3, -0.25) is 14.5 Å². The van der Waals surface area contributed by atoms with E-state index in [9.17, 15) is 19.5 Å². The number of fused-ring (bicyclic) bond motifs is 2. The lowest BCUT2D eigenvalue weighted by Gasteiger charge is -2.36. The van der Waals surface area contributed by atoms with Gasteiger partial charge in [0.15, 0.2) is 5.71 Å². The molecule has 214 valence electrons. The van der Waals surface area contributed by atoms with Gasteiger partial charge in [-0.25, -0.2) is 9.18 Å². The Labute approximate surface area is 236 Å². The number of rotatable bonds is 9.